The second-order valence-electron chi connectivity index (χ2n) is 2.90. The van der Waals surface area contributed by atoms with Crippen molar-refractivity contribution in [2.75, 3.05) is 0 Å². The Labute approximate surface area is 99.2 Å². The lowest BCUT2D eigenvalue weighted by molar-refractivity contribution is 0.670. The smallest absolute Gasteiger partial charge is 0.104 e. The van der Waals surface area contributed by atoms with Crippen LogP contribution in [-0.4, -0.2) is 9.78 Å². The summed E-state index contributed by atoms with van der Waals surface area (Å²) in [6.07, 6.45) is 1.78. The molecule has 0 saturated heterocycles. The predicted octanol–water partition coefficient (Wildman–Crippen LogP) is 3.46. The molecular weight excluding hydrogens is 308 g/mol. The van der Waals surface area contributed by atoms with Crippen molar-refractivity contribution in [3.8, 4) is 0 Å². The predicted molar refractivity (Wildman–Crippen MR) is 63.2 cm³/mol. The average Bonchev–Trinajstić information content (AvgIpc) is 2.56. The highest BCUT2D eigenvalue weighted by Crippen LogP contribution is 2.18. The molecule has 1 aromatic carbocycles. The molecule has 4 heteroatoms. The molecule has 2 nitrogen and oxygen atoms in total. The van der Waals surface area contributed by atoms with Crippen LogP contribution in [0.4, 0.5) is 0 Å². The van der Waals surface area contributed by atoms with Crippen LogP contribution in [0.25, 0.3) is 0 Å². The van der Waals surface area contributed by atoms with Crippen LogP contribution in [0.15, 0.2) is 45.6 Å². The van der Waals surface area contributed by atoms with Crippen LogP contribution in [0.3, 0.4) is 0 Å². The molecule has 14 heavy (non-hydrogen) atoms. The molecule has 0 aliphatic carbocycles. The van der Waals surface area contributed by atoms with Crippen LogP contribution >= 0.6 is 31.9 Å². The Bertz CT molecular complexity index is 437. The summed E-state index contributed by atoms with van der Waals surface area (Å²) in [4.78, 5) is 0. The molecule has 1 heterocycles. The summed E-state index contributed by atoms with van der Waals surface area (Å²) in [7, 11) is 0. The van der Waals surface area contributed by atoms with E-state index in [2.05, 4.69) is 43.0 Å². The second-order valence-corrected chi connectivity index (χ2v) is 4.57. The summed E-state index contributed by atoms with van der Waals surface area (Å²) >= 11 is 6.94. The minimum absolute atomic E-state index is 0.773. The Morgan fingerprint density at radius 2 is 1.93 bits per heavy atom. The molecule has 0 atom stereocenters. The molecule has 0 aliphatic heterocycles. The normalized spacial score (nSPS) is 10.4. The number of rotatable bonds is 2. The van der Waals surface area contributed by atoms with Crippen molar-refractivity contribution in [1.82, 2.24) is 9.78 Å². The van der Waals surface area contributed by atoms with Gasteiger partial charge in [-0.1, -0.05) is 34.1 Å². The molecule has 0 fully saturated rings. The average molecular weight is 316 g/mol. The summed E-state index contributed by atoms with van der Waals surface area (Å²) in [5.74, 6) is 0. The molecule has 72 valence electrons. The molecule has 0 unspecified atom stereocenters. The summed E-state index contributed by atoms with van der Waals surface area (Å²) < 4.78 is 4.01. The zero-order chi connectivity index (χ0) is 9.97. The van der Waals surface area contributed by atoms with Gasteiger partial charge in [-0.15, -0.1) is 0 Å². The van der Waals surface area contributed by atoms with E-state index in [-0.39, 0.29) is 0 Å². The van der Waals surface area contributed by atoms with Gasteiger partial charge in [-0.3, -0.25) is 4.68 Å². The van der Waals surface area contributed by atoms with E-state index in [0.29, 0.717) is 0 Å². The highest BCUT2D eigenvalue weighted by molar-refractivity contribution is 9.10. The number of halogens is 2. The Morgan fingerprint density at radius 1 is 1.14 bits per heavy atom. The quantitative estimate of drug-likeness (QED) is 0.830. The van der Waals surface area contributed by atoms with Gasteiger partial charge in [-0.2, -0.15) is 5.10 Å². The van der Waals surface area contributed by atoms with Crippen LogP contribution < -0.4 is 0 Å². The van der Waals surface area contributed by atoms with Gasteiger partial charge in [0.2, 0.25) is 0 Å². The van der Waals surface area contributed by atoms with Gasteiger partial charge < -0.3 is 0 Å². The van der Waals surface area contributed by atoms with Gasteiger partial charge in [0, 0.05) is 4.47 Å². The zero-order valence-corrected chi connectivity index (χ0v) is 10.5. The second kappa shape index (κ2) is 4.28. The molecule has 0 N–H and O–H groups in total. The van der Waals surface area contributed by atoms with E-state index in [0.717, 1.165) is 15.6 Å². The summed E-state index contributed by atoms with van der Waals surface area (Å²) in [5, 5.41) is 4.20. The molecule has 2 rings (SSSR count). The fourth-order valence-electron chi connectivity index (χ4n) is 1.22. The summed E-state index contributed by atoms with van der Waals surface area (Å²) in [6.45, 7) is 0.773. The maximum Gasteiger partial charge on any atom is 0.104 e. The number of benzene rings is 1. The molecular formula is C10H8Br2N2. The first-order valence-corrected chi connectivity index (χ1v) is 5.76. The van der Waals surface area contributed by atoms with Crippen LogP contribution in [-0.2, 0) is 6.54 Å². The highest BCUT2D eigenvalue weighted by Gasteiger charge is 2.02. The number of aromatic nitrogens is 2. The van der Waals surface area contributed by atoms with Gasteiger partial charge in [0.15, 0.2) is 0 Å². The maximum absolute atomic E-state index is 4.20. The van der Waals surface area contributed by atoms with Crippen molar-refractivity contribution in [2.24, 2.45) is 0 Å². The lowest BCUT2D eigenvalue weighted by atomic mass is 10.2. The topological polar surface area (TPSA) is 17.8 Å². The van der Waals surface area contributed by atoms with Crippen LogP contribution in [0, 0.1) is 0 Å². The van der Waals surface area contributed by atoms with Crippen LogP contribution in [0.5, 0.6) is 0 Å². The minimum atomic E-state index is 0.773. The fourth-order valence-corrected chi connectivity index (χ4v) is 1.97. The lowest BCUT2D eigenvalue weighted by Gasteiger charge is -2.05. The van der Waals surface area contributed by atoms with Crippen molar-refractivity contribution in [3.63, 3.8) is 0 Å². The van der Waals surface area contributed by atoms with Gasteiger partial charge >= 0.3 is 0 Å². The van der Waals surface area contributed by atoms with Crippen molar-refractivity contribution in [2.45, 2.75) is 6.54 Å². The SMILES string of the molecule is Brc1ccccc1Cn1nccc1Br. The standard InChI is InChI=1S/C10H8Br2N2/c11-9-4-2-1-3-8(9)7-14-10(12)5-6-13-14/h1-6H,7H2. The van der Waals surface area contributed by atoms with Crippen molar-refractivity contribution < 1.29 is 0 Å². The van der Waals surface area contributed by atoms with E-state index >= 15 is 0 Å². The maximum atomic E-state index is 4.20. The first kappa shape index (κ1) is 9.93. The molecule has 2 aromatic rings. The largest absolute Gasteiger partial charge is 0.254 e. The van der Waals surface area contributed by atoms with Crippen LogP contribution in [0.2, 0.25) is 0 Å². The van der Waals surface area contributed by atoms with E-state index in [1.54, 1.807) is 6.20 Å². The molecule has 0 saturated carbocycles. The molecule has 0 spiro atoms. The van der Waals surface area contributed by atoms with Gasteiger partial charge in [-0.25, -0.2) is 0 Å². The Kier molecular flexibility index (Phi) is 3.03. The third kappa shape index (κ3) is 2.07. The Balaban J connectivity index is 2.28. The number of nitrogens with zero attached hydrogens (tertiary/aromatic N) is 2. The van der Waals surface area contributed by atoms with Crippen LogP contribution in [0.1, 0.15) is 5.56 Å². The summed E-state index contributed by atoms with van der Waals surface area (Å²) in [6, 6.07) is 10.1. The lowest BCUT2D eigenvalue weighted by Crippen LogP contribution is -2.02. The highest BCUT2D eigenvalue weighted by atomic mass is 79.9. The third-order valence-corrected chi connectivity index (χ3v) is 3.39. The van der Waals surface area contributed by atoms with Gasteiger partial charge in [0.1, 0.15) is 4.60 Å². The molecule has 0 radical (unpaired) electrons. The monoisotopic (exact) mass is 314 g/mol. The van der Waals surface area contributed by atoms with Crippen molar-refractivity contribution in [1.29, 1.82) is 0 Å². The minimum Gasteiger partial charge on any atom is -0.254 e. The van der Waals surface area contributed by atoms with E-state index in [4.69, 9.17) is 0 Å². The number of hydrogen-bond acceptors (Lipinski definition) is 1. The van der Waals surface area contributed by atoms with E-state index in [9.17, 15) is 0 Å². The Morgan fingerprint density at radius 3 is 2.57 bits per heavy atom. The molecule has 1 aromatic heterocycles. The summed E-state index contributed by atoms with van der Waals surface area (Å²) in [5.41, 5.74) is 1.22. The first-order valence-electron chi connectivity index (χ1n) is 4.18. The van der Waals surface area contributed by atoms with Gasteiger partial charge in [-0.05, 0) is 33.6 Å². The van der Waals surface area contributed by atoms with Crippen molar-refractivity contribution in [3.05, 3.63) is 51.2 Å². The van der Waals surface area contributed by atoms with E-state index in [1.807, 2.05) is 28.9 Å². The van der Waals surface area contributed by atoms with E-state index < -0.39 is 0 Å². The Hall–Kier alpha value is -0.610. The first-order chi connectivity index (χ1) is 6.77. The third-order valence-electron chi connectivity index (χ3n) is 1.94. The van der Waals surface area contributed by atoms with Gasteiger partial charge in [0.25, 0.3) is 0 Å². The molecule has 0 amide bonds. The number of hydrogen-bond donors (Lipinski definition) is 0. The van der Waals surface area contributed by atoms with Crippen molar-refractivity contribution >= 4 is 31.9 Å². The molecule has 0 aliphatic rings. The fraction of sp³-hybridized carbons (Fsp3) is 0.100. The van der Waals surface area contributed by atoms with E-state index in [1.165, 1.54) is 5.56 Å². The molecule has 0 bridgehead atoms. The zero-order valence-electron chi connectivity index (χ0n) is 7.32. The van der Waals surface area contributed by atoms with Gasteiger partial charge in [0.05, 0.1) is 12.7 Å².